The molecule has 5 nitrogen and oxygen atoms in total. The lowest BCUT2D eigenvalue weighted by molar-refractivity contribution is -0.118. The first-order valence-corrected chi connectivity index (χ1v) is 10.2. The Labute approximate surface area is 157 Å². The van der Waals surface area contributed by atoms with E-state index in [1.807, 2.05) is 19.1 Å². The highest BCUT2D eigenvalue weighted by atomic mass is 32.2. The molecular weight excluding hydrogens is 374 g/mol. The molecule has 0 bridgehead atoms. The second-order valence-electron chi connectivity index (χ2n) is 6.41. The van der Waals surface area contributed by atoms with Gasteiger partial charge >= 0.3 is 0 Å². The van der Waals surface area contributed by atoms with Crippen molar-refractivity contribution in [2.24, 2.45) is 0 Å². The Kier molecular flexibility index (Phi) is 5.57. The molecule has 1 aliphatic rings. The van der Waals surface area contributed by atoms with Crippen molar-refractivity contribution in [3.63, 3.8) is 0 Å². The summed E-state index contributed by atoms with van der Waals surface area (Å²) < 4.78 is 53.6. The monoisotopic (exact) mass is 394 g/mol. The van der Waals surface area contributed by atoms with Crippen molar-refractivity contribution < 1.29 is 22.0 Å². The van der Waals surface area contributed by atoms with Crippen LogP contribution in [0.5, 0.6) is 0 Å². The fraction of sp³-hybridized carbons (Fsp3) is 0.316. The molecule has 0 spiro atoms. The van der Waals surface area contributed by atoms with Crippen LogP contribution in [-0.2, 0) is 27.8 Å². The quantitative estimate of drug-likeness (QED) is 0.819. The lowest BCUT2D eigenvalue weighted by Gasteiger charge is -2.29. The van der Waals surface area contributed by atoms with Gasteiger partial charge in [-0.05, 0) is 42.2 Å². The van der Waals surface area contributed by atoms with Crippen LogP contribution in [0.3, 0.4) is 0 Å². The lowest BCUT2D eigenvalue weighted by atomic mass is 9.98. The van der Waals surface area contributed by atoms with Gasteiger partial charge in [-0.2, -0.15) is 0 Å². The molecule has 1 amide bonds. The predicted molar refractivity (Wildman–Crippen MR) is 97.8 cm³/mol. The number of nitrogens with zero attached hydrogens (tertiary/aromatic N) is 1. The van der Waals surface area contributed by atoms with Gasteiger partial charge in [0.1, 0.15) is 16.5 Å². The number of amides is 1. The highest BCUT2D eigenvalue weighted by Gasteiger charge is 2.24. The SMILES string of the molecule is CCCN1C(=O)CCc2cc(CNS(=O)(=O)c3ccc(F)cc3F)ccc21. The van der Waals surface area contributed by atoms with E-state index in [4.69, 9.17) is 0 Å². The Morgan fingerprint density at radius 2 is 1.89 bits per heavy atom. The average Bonchev–Trinajstić information content (AvgIpc) is 2.62. The molecule has 2 aromatic rings. The number of halogens is 2. The average molecular weight is 394 g/mol. The maximum absolute atomic E-state index is 13.8. The zero-order valence-corrected chi connectivity index (χ0v) is 15.7. The number of hydrogen-bond donors (Lipinski definition) is 1. The minimum atomic E-state index is -4.11. The Hall–Kier alpha value is -2.32. The van der Waals surface area contributed by atoms with E-state index < -0.39 is 26.6 Å². The number of carbonyl (C=O) groups excluding carboxylic acids is 1. The Bertz CT molecular complexity index is 977. The van der Waals surface area contributed by atoms with Crippen LogP contribution in [0.4, 0.5) is 14.5 Å². The molecule has 0 radical (unpaired) electrons. The Morgan fingerprint density at radius 3 is 2.59 bits per heavy atom. The molecule has 27 heavy (non-hydrogen) atoms. The van der Waals surface area contributed by atoms with E-state index in [0.717, 1.165) is 29.8 Å². The van der Waals surface area contributed by atoms with E-state index in [1.165, 1.54) is 0 Å². The van der Waals surface area contributed by atoms with Gasteiger partial charge in [0, 0.05) is 31.3 Å². The van der Waals surface area contributed by atoms with Gasteiger partial charge in [-0.1, -0.05) is 19.1 Å². The van der Waals surface area contributed by atoms with Crippen LogP contribution in [0, 0.1) is 11.6 Å². The van der Waals surface area contributed by atoms with E-state index in [0.29, 0.717) is 31.0 Å². The zero-order valence-electron chi connectivity index (χ0n) is 14.8. The van der Waals surface area contributed by atoms with Crippen LogP contribution in [0.25, 0.3) is 0 Å². The third-order valence-corrected chi connectivity index (χ3v) is 5.88. The fourth-order valence-electron chi connectivity index (χ4n) is 3.14. The summed E-state index contributed by atoms with van der Waals surface area (Å²) in [4.78, 5) is 13.2. The van der Waals surface area contributed by atoms with Crippen molar-refractivity contribution in [1.29, 1.82) is 0 Å². The second-order valence-corrected chi connectivity index (χ2v) is 8.14. The van der Waals surface area contributed by atoms with Gasteiger partial charge in [-0.15, -0.1) is 0 Å². The van der Waals surface area contributed by atoms with E-state index in [9.17, 15) is 22.0 Å². The van der Waals surface area contributed by atoms with E-state index >= 15 is 0 Å². The summed E-state index contributed by atoms with van der Waals surface area (Å²) in [5.74, 6) is -1.89. The number of aryl methyl sites for hydroxylation is 1. The van der Waals surface area contributed by atoms with Crippen molar-refractivity contribution in [2.45, 2.75) is 37.6 Å². The highest BCUT2D eigenvalue weighted by Crippen LogP contribution is 2.29. The molecule has 144 valence electrons. The van der Waals surface area contributed by atoms with Crippen LogP contribution in [0.1, 0.15) is 30.9 Å². The predicted octanol–water partition coefficient (Wildman–Crippen LogP) is 3.13. The molecule has 2 aromatic carbocycles. The molecule has 3 rings (SSSR count). The number of sulfonamides is 1. The topological polar surface area (TPSA) is 66.5 Å². The smallest absolute Gasteiger partial charge is 0.243 e. The summed E-state index contributed by atoms with van der Waals surface area (Å²) in [7, 11) is -4.11. The van der Waals surface area contributed by atoms with Gasteiger partial charge in [0.05, 0.1) is 0 Å². The van der Waals surface area contributed by atoms with Crippen molar-refractivity contribution in [2.75, 3.05) is 11.4 Å². The molecule has 1 N–H and O–H groups in total. The van der Waals surface area contributed by atoms with Gasteiger partial charge in [0.25, 0.3) is 0 Å². The summed E-state index contributed by atoms with van der Waals surface area (Å²) in [5, 5.41) is 0. The van der Waals surface area contributed by atoms with Crippen LogP contribution in [0.2, 0.25) is 0 Å². The molecule has 1 aliphatic heterocycles. The van der Waals surface area contributed by atoms with Crippen molar-refractivity contribution in [3.8, 4) is 0 Å². The standard InChI is InChI=1S/C19H20F2N2O3S/c1-2-9-23-17-6-3-13(10-14(17)4-8-19(23)24)12-22-27(25,26)18-7-5-15(20)11-16(18)21/h3,5-7,10-11,22H,2,4,8-9,12H2,1H3. The minimum Gasteiger partial charge on any atom is -0.312 e. The maximum atomic E-state index is 13.8. The lowest BCUT2D eigenvalue weighted by Crippen LogP contribution is -2.35. The Balaban J connectivity index is 1.78. The summed E-state index contributed by atoms with van der Waals surface area (Å²) in [6, 6.07) is 7.73. The first-order chi connectivity index (χ1) is 12.8. The van der Waals surface area contributed by atoms with E-state index in [-0.39, 0.29) is 12.5 Å². The molecule has 0 atom stereocenters. The normalized spacial score (nSPS) is 14.3. The third kappa shape index (κ3) is 4.17. The molecule has 0 unspecified atom stereocenters. The third-order valence-electron chi connectivity index (χ3n) is 4.44. The summed E-state index contributed by atoms with van der Waals surface area (Å²) >= 11 is 0. The first kappa shape index (κ1) is 19.4. The van der Waals surface area contributed by atoms with Gasteiger partial charge in [-0.25, -0.2) is 21.9 Å². The molecular formula is C19H20F2N2O3S. The van der Waals surface area contributed by atoms with Gasteiger partial charge < -0.3 is 4.90 Å². The van der Waals surface area contributed by atoms with Crippen molar-refractivity contribution >= 4 is 21.6 Å². The molecule has 0 saturated heterocycles. The number of fused-ring (bicyclic) bond motifs is 1. The second kappa shape index (κ2) is 7.74. The largest absolute Gasteiger partial charge is 0.312 e. The van der Waals surface area contributed by atoms with Gasteiger partial charge in [0.2, 0.25) is 15.9 Å². The summed E-state index contributed by atoms with van der Waals surface area (Å²) in [6.07, 6.45) is 1.86. The molecule has 0 aromatic heterocycles. The van der Waals surface area contributed by atoms with Crippen LogP contribution >= 0.6 is 0 Å². The van der Waals surface area contributed by atoms with Crippen molar-refractivity contribution in [1.82, 2.24) is 4.72 Å². The highest BCUT2D eigenvalue weighted by molar-refractivity contribution is 7.89. The zero-order chi connectivity index (χ0) is 19.6. The molecule has 0 fully saturated rings. The first-order valence-electron chi connectivity index (χ1n) is 8.68. The molecule has 0 saturated carbocycles. The number of nitrogens with one attached hydrogen (secondary N) is 1. The maximum Gasteiger partial charge on any atom is 0.243 e. The Morgan fingerprint density at radius 1 is 1.11 bits per heavy atom. The van der Waals surface area contributed by atoms with Crippen LogP contribution in [-0.4, -0.2) is 20.9 Å². The number of rotatable bonds is 6. The van der Waals surface area contributed by atoms with Gasteiger partial charge in [-0.3, -0.25) is 4.79 Å². The summed E-state index contributed by atoms with van der Waals surface area (Å²) in [5.41, 5.74) is 2.53. The van der Waals surface area contributed by atoms with E-state index in [1.54, 1.807) is 11.0 Å². The van der Waals surface area contributed by atoms with Gasteiger partial charge in [0.15, 0.2) is 0 Å². The van der Waals surface area contributed by atoms with Crippen LogP contribution < -0.4 is 9.62 Å². The number of benzene rings is 2. The number of anilines is 1. The minimum absolute atomic E-state index is 0.0336. The number of carbonyl (C=O) groups is 1. The number of hydrogen-bond acceptors (Lipinski definition) is 3. The van der Waals surface area contributed by atoms with E-state index in [2.05, 4.69) is 4.72 Å². The fourth-order valence-corrected chi connectivity index (χ4v) is 4.22. The van der Waals surface area contributed by atoms with Crippen molar-refractivity contribution in [3.05, 3.63) is 59.2 Å². The molecule has 1 heterocycles. The summed E-state index contributed by atoms with van der Waals surface area (Å²) in [6.45, 7) is 2.61. The molecule has 0 aliphatic carbocycles. The van der Waals surface area contributed by atoms with Crippen LogP contribution in [0.15, 0.2) is 41.3 Å². The molecule has 8 heteroatoms.